The van der Waals surface area contributed by atoms with Crippen LogP contribution in [0, 0.1) is 0 Å². The van der Waals surface area contributed by atoms with Crippen LogP contribution in [0.3, 0.4) is 0 Å². The molecule has 1 rings (SSSR count). The van der Waals surface area contributed by atoms with E-state index < -0.39 is 12.1 Å². The molecule has 0 saturated heterocycles. The molecule has 0 bridgehead atoms. The maximum atomic E-state index is 10.4. The van der Waals surface area contributed by atoms with Crippen LogP contribution < -0.4 is 4.74 Å². The van der Waals surface area contributed by atoms with Crippen LogP contribution in [0.1, 0.15) is 18.1 Å². The lowest BCUT2D eigenvalue weighted by molar-refractivity contribution is -0.139. The van der Waals surface area contributed by atoms with Crippen molar-refractivity contribution >= 4 is 21.9 Å². The summed E-state index contributed by atoms with van der Waals surface area (Å²) in [4.78, 5) is 14.3. The number of carboxylic acid groups (broad SMARTS) is 1. The van der Waals surface area contributed by atoms with Gasteiger partial charge >= 0.3 is 5.97 Å². The van der Waals surface area contributed by atoms with Crippen molar-refractivity contribution in [2.75, 3.05) is 7.11 Å². The van der Waals surface area contributed by atoms with Crippen LogP contribution in [0.5, 0.6) is 5.88 Å². The molecule has 1 aromatic heterocycles. The van der Waals surface area contributed by atoms with E-state index in [0.717, 1.165) is 0 Å². The van der Waals surface area contributed by atoms with Crippen molar-refractivity contribution in [2.45, 2.75) is 12.5 Å². The number of rotatable bonds is 4. The Morgan fingerprint density at radius 2 is 2.40 bits per heavy atom. The van der Waals surface area contributed by atoms with Gasteiger partial charge in [0.2, 0.25) is 5.88 Å². The van der Waals surface area contributed by atoms with Gasteiger partial charge in [0, 0.05) is 16.2 Å². The summed E-state index contributed by atoms with van der Waals surface area (Å²) in [6.07, 6.45) is 0.00655. The van der Waals surface area contributed by atoms with Gasteiger partial charge in [0.25, 0.3) is 0 Å². The van der Waals surface area contributed by atoms with Crippen LogP contribution in [-0.2, 0) is 4.79 Å². The van der Waals surface area contributed by atoms with Gasteiger partial charge in [-0.3, -0.25) is 4.79 Å². The number of ether oxygens (including phenoxy) is 1. The van der Waals surface area contributed by atoms with Crippen LogP contribution in [0.2, 0.25) is 0 Å². The Bertz CT molecular complexity index is 369. The van der Waals surface area contributed by atoms with Crippen molar-refractivity contribution in [3.63, 3.8) is 0 Å². The van der Waals surface area contributed by atoms with Crippen LogP contribution in [0.15, 0.2) is 16.7 Å². The maximum Gasteiger partial charge on any atom is 0.306 e. The molecule has 1 heterocycles. The highest BCUT2D eigenvalue weighted by Crippen LogP contribution is 2.27. The number of carbonyl (C=O) groups is 1. The van der Waals surface area contributed by atoms with Crippen molar-refractivity contribution in [1.82, 2.24) is 4.98 Å². The average molecular weight is 276 g/mol. The minimum Gasteiger partial charge on any atom is -0.481 e. The molecule has 0 saturated carbocycles. The summed E-state index contributed by atoms with van der Waals surface area (Å²) >= 11 is 3.18. The summed E-state index contributed by atoms with van der Waals surface area (Å²) in [7, 11) is 1.41. The first-order chi connectivity index (χ1) is 7.04. The monoisotopic (exact) mass is 275 g/mol. The van der Waals surface area contributed by atoms with Crippen molar-refractivity contribution < 1.29 is 19.7 Å². The van der Waals surface area contributed by atoms with Crippen LogP contribution in [0.4, 0.5) is 0 Å². The van der Waals surface area contributed by atoms with Crippen LogP contribution in [0.25, 0.3) is 0 Å². The lowest BCUT2D eigenvalue weighted by atomic mass is 10.1. The first-order valence-corrected chi connectivity index (χ1v) is 4.93. The number of aliphatic hydroxyl groups excluding tert-OH is 1. The van der Waals surface area contributed by atoms with Crippen LogP contribution >= 0.6 is 15.9 Å². The van der Waals surface area contributed by atoms with Crippen molar-refractivity contribution in [2.24, 2.45) is 0 Å². The highest BCUT2D eigenvalue weighted by atomic mass is 79.9. The summed E-state index contributed by atoms with van der Waals surface area (Å²) < 4.78 is 5.57. The van der Waals surface area contributed by atoms with Gasteiger partial charge in [0.05, 0.1) is 19.6 Å². The fraction of sp³-hybridized carbons (Fsp3) is 0.333. The van der Waals surface area contributed by atoms with Gasteiger partial charge in [-0.2, -0.15) is 0 Å². The predicted molar refractivity (Wildman–Crippen MR) is 55.7 cm³/mol. The Kier molecular flexibility index (Phi) is 4.05. The Morgan fingerprint density at radius 1 is 1.73 bits per heavy atom. The number of aliphatic carboxylic acids is 1. The molecule has 0 spiro atoms. The van der Waals surface area contributed by atoms with Gasteiger partial charge < -0.3 is 14.9 Å². The van der Waals surface area contributed by atoms with Gasteiger partial charge in [-0.1, -0.05) is 0 Å². The number of aromatic nitrogens is 1. The second-order valence-electron chi connectivity index (χ2n) is 2.87. The van der Waals surface area contributed by atoms with Gasteiger partial charge in [-0.15, -0.1) is 0 Å². The molecule has 0 fully saturated rings. The van der Waals surface area contributed by atoms with E-state index in [-0.39, 0.29) is 12.3 Å². The number of pyridine rings is 1. The molecule has 0 aliphatic rings. The number of halogens is 1. The van der Waals surface area contributed by atoms with E-state index in [1.807, 2.05) is 0 Å². The standard InChI is InChI=1S/C9H10BrNO4/c1-15-9-6(2-5(10)4-11-9)7(12)3-8(13)14/h2,4,7,12H,3H2,1H3,(H,13,14). The average Bonchev–Trinajstić information content (AvgIpc) is 2.16. The third kappa shape index (κ3) is 3.17. The van der Waals surface area contributed by atoms with E-state index in [1.54, 1.807) is 6.07 Å². The summed E-state index contributed by atoms with van der Waals surface area (Å²) in [6.45, 7) is 0. The van der Waals surface area contributed by atoms with E-state index >= 15 is 0 Å². The minimum absolute atomic E-state index is 0.229. The molecule has 1 unspecified atom stereocenters. The molecule has 0 aliphatic heterocycles. The fourth-order valence-corrected chi connectivity index (χ4v) is 1.48. The molecule has 1 atom stereocenters. The number of hydrogen-bond acceptors (Lipinski definition) is 4. The number of aliphatic hydroxyl groups is 1. The molecule has 82 valence electrons. The minimum atomic E-state index is -1.12. The summed E-state index contributed by atoms with van der Waals surface area (Å²) in [5.74, 6) is -0.850. The number of nitrogens with zero attached hydrogens (tertiary/aromatic N) is 1. The molecule has 6 heteroatoms. The Hall–Kier alpha value is -1.14. The molecule has 2 N–H and O–H groups in total. The first-order valence-electron chi connectivity index (χ1n) is 4.14. The third-order valence-corrected chi connectivity index (χ3v) is 2.20. The Balaban J connectivity index is 2.99. The SMILES string of the molecule is COc1ncc(Br)cc1C(O)CC(=O)O. The van der Waals surface area contributed by atoms with Gasteiger partial charge in [-0.25, -0.2) is 4.98 Å². The molecular formula is C9H10BrNO4. The summed E-state index contributed by atoms with van der Waals surface area (Å²) in [6, 6.07) is 1.58. The smallest absolute Gasteiger partial charge is 0.306 e. The highest BCUT2D eigenvalue weighted by molar-refractivity contribution is 9.10. The zero-order chi connectivity index (χ0) is 11.4. The topological polar surface area (TPSA) is 79.7 Å². The number of methoxy groups -OCH3 is 1. The second kappa shape index (κ2) is 5.09. The lowest BCUT2D eigenvalue weighted by Gasteiger charge is -2.12. The predicted octanol–water partition coefficient (Wildman–Crippen LogP) is 1.36. The van der Waals surface area contributed by atoms with E-state index in [1.165, 1.54) is 13.3 Å². The lowest BCUT2D eigenvalue weighted by Crippen LogP contribution is -2.07. The number of carboxylic acids is 1. The molecule has 0 radical (unpaired) electrons. The van der Waals surface area contributed by atoms with Crippen molar-refractivity contribution in [1.29, 1.82) is 0 Å². The normalized spacial score (nSPS) is 12.2. The largest absolute Gasteiger partial charge is 0.481 e. The molecule has 0 aromatic carbocycles. The Labute approximate surface area is 94.8 Å². The zero-order valence-electron chi connectivity index (χ0n) is 7.98. The third-order valence-electron chi connectivity index (χ3n) is 1.77. The van der Waals surface area contributed by atoms with E-state index in [9.17, 15) is 9.90 Å². The van der Waals surface area contributed by atoms with E-state index in [2.05, 4.69) is 20.9 Å². The van der Waals surface area contributed by atoms with Crippen molar-refractivity contribution in [3.8, 4) is 5.88 Å². The first kappa shape index (κ1) is 11.9. The Morgan fingerprint density at radius 3 is 2.93 bits per heavy atom. The second-order valence-corrected chi connectivity index (χ2v) is 3.78. The highest BCUT2D eigenvalue weighted by Gasteiger charge is 2.17. The molecule has 1 aromatic rings. The molecule has 5 nitrogen and oxygen atoms in total. The maximum absolute atomic E-state index is 10.4. The van der Waals surface area contributed by atoms with E-state index in [4.69, 9.17) is 9.84 Å². The van der Waals surface area contributed by atoms with Gasteiger partial charge in [-0.05, 0) is 22.0 Å². The molecular weight excluding hydrogens is 266 g/mol. The molecule has 15 heavy (non-hydrogen) atoms. The van der Waals surface area contributed by atoms with Gasteiger partial charge in [0.15, 0.2) is 0 Å². The molecule has 0 aliphatic carbocycles. The molecule has 0 amide bonds. The zero-order valence-corrected chi connectivity index (χ0v) is 9.56. The summed E-state index contributed by atoms with van der Waals surface area (Å²) in [5.41, 5.74) is 0.356. The fourth-order valence-electron chi connectivity index (χ4n) is 1.13. The summed E-state index contributed by atoms with van der Waals surface area (Å²) in [5, 5.41) is 18.2. The van der Waals surface area contributed by atoms with Gasteiger partial charge in [0.1, 0.15) is 0 Å². The van der Waals surface area contributed by atoms with E-state index in [0.29, 0.717) is 10.0 Å². The number of hydrogen-bond donors (Lipinski definition) is 2. The van der Waals surface area contributed by atoms with Crippen molar-refractivity contribution in [3.05, 3.63) is 22.3 Å². The quantitative estimate of drug-likeness (QED) is 0.868. The van der Waals surface area contributed by atoms with Crippen LogP contribution in [-0.4, -0.2) is 28.3 Å².